The highest BCUT2D eigenvalue weighted by atomic mass is 19.2. The summed E-state index contributed by atoms with van der Waals surface area (Å²) in [5.74, 6) is -2.85. The summed E-state index contributed by atoms with van der Waals surface area (Å²) in [6.45, 7) is 0. The van der Waals surface area contributed by atoms with Gasteiger partial charge >= 0.3 is 0 Å². The van der Waals surface area contributed by atoms with Crippen molar-refractivity contribution in [2.24, 2.45) is 0 Å². The van der Waals surface area contributed by atoms with Crippen molar-refractivity contribution >= 4 is 5.91 Å². The van der Waals surface area contributed by atoms with E-state index in [-0.39, 0.29) is 11.6 Å². The lowest BCUT2D eigenvalue weighted by Gasteiger charge is -2.27. The summed E-state index contributed by atoms with van der Waals surface area (Å²) in [7, 11) is 1.66. The molecule has 19 heavy (non-hydrogen) atoms. The van der Waals surface area contributed by atoms with Crippen molar-refractivity contribution < 1.29 is 13.6 Å². The van der Waals surface area contributed by atoms with E-state index in [9.17, 15) is 13.6 Å². The number of pyridine rings is 1. The number of carbonyl (C=O) groups is 1. The van der Waals surface area contributed by atoms with Crippen LogP contribution in [0.3, 0.4) is 0 Å². The number of nitrogens with zero attached hydrogens (tertiary/aromatic N) is 2. The van der Waals surface area contributed by atoms with Crippen LogP contribution in [0.15, 0.2) is 12.3 Å². The van der Waals surface area contributed by atoms with Crippen LogP contribution in [0.2, 0.25) is 0 Å². The molecule has 5 heteroatoms. The monoisotopic (exact) mass is 268 g/mol. The van der Waals surface area contributed by atoms with Gasteiger partial charge in [0.05, 0.1) is 5.56 Å². The lowest BCUT2D eigenvalue weighted by molar-refractivity contribution is 0.0711. The highest BCUT2D eigenvalue weighted by molar-refractivity contribution is 5.94. The van der Waals surface area contributed by atoms with Gasteiger partial charge in [0.25, 0.3) is 5.91 Å². The van der Waals surface area contributed by atoms with Gasteiger partial charge in [0, 0.05) is 19.3 Å². The maximum absolute atomic E-state index is 13.6. The zero-order valence-electron chi connectivity index (χ0n) is 11.0. The number of hydrogen-bond donors (Lipinski definition) is 0. The Morgan fingerprint density at radius 2 is 1.89 bits per heavy atom. The van der Waals surface area contributed by atoms with Crippen molar-refractivity contribution in [1.82, 2.24) is 9.88 Å². The number of aromatic nitrogens is 1. The molecule has 0 bridgehead atoms. The molecule has 0 saturated heterocycles. The number of amides is 1. The topological polar surface area (TPSA) is 33.2 Å². The summed E-state index contributed by atoms with van der Waals surface area (Å²) < 4.78 is 26.6. The van der Waals surface area contributed by atoms with E-state index in [1.807, 2.05) is 0 Å². The minimum atomic E-state index is -1.22. The van der Waals surface area contributed by atoms with E-state index in [0.717, 1.165) is 31.9 Å². The van der Waals surface area contributed by atoms with Gasteiger partial charge in [0.2, 0.25) is 5.95 Å². The molecular formula is C14H18F2N2O. The zero-order valence-corrected chi connectivity index (χ0v) is 11.0. The maximum atomic E-state index is 13.6. The van der Waals surface area contributed by atoms with Crippen molar-refractivity contribution in [2.45, 2.75) is 44.6 Å². The van der Waals surface area contributed by atoms with Crippen molar-refractivity contribution in [3.63, 3.8) is 0 Å². The summed E-state index contributed by atoms with van der Waals surface area (Å²) >= 11 is 0. The zero-order chi connectivity index (χ0) is 13.8. The molecule has 0 spiro atoms. The number of hydrogen-bond acceptors (Lipinski definition) is 2. The molecule has 1 fully saturated rings. The average Bonchev–Trinajstić information content (AvgIpc) is 2.69. The summed E-state index contributed by atoms with van der Waals surface area (Å²) in [5, 5.41) is 0. The first-order valence-electron chi connectivity index (χ1n) is 6.68. The molecule has 1 aliphatic carbocycles. The Morgan fingerprint density at radius 1 is 1.26 bits per heavy atom. The van der Waals surface area contributed by atoms with Gasteiger partial charge in [0.15, 0.2) is 5.82 Å². The highest BCUT2D eigenvalue weighted by Crippen LogP contribution is 2.23. The summed E-state index contributed by atoms with van der Waals surface area (Å²) in [6, 6.07) is 1.35. The van der Waals surface area contributed by atoms with E-state index in [1.54, 1.807) is 11.9 Å². The molecule has 1 aromatic rings. The van der Waals surface area contributed by atoms with Crippen LogP contribution in [0.25, 0.3) is 0 Å². The van der Waals surface area contributed by atoms with Crippen LogP contribution in [0.4, 0.5) is 8.78 Å². The second-order valence-electron chi connectivity index (χ2n) is 5.02. The molecule has 0 aliphatic heterocycles. The third-order valence-electron chi connectivity index (χ3n) is 3.77. The summed E-state index contributed by atoms with van der Waals surface area (Å²) in [5.41, 5.74) is -0.237. The summed E-state index contributed by atoms with van der Waals surface area (Å²) in [6.07, 6.45) is 7.49. The van der Waals surface area contributed by atoms with E-state index >= 15 is 0 Å². The predicted octanol–water partition coefficient (Wildman–Crippen LogP) is 3.15. The lowest BCUT2D eigenvalue weighted by atomic mass is 10.1. The van der Waals surface area contributed by atoms with Gasteiger partial charge in [-0.15, -0.1) is 0 Å². The molecule has 2 rings (SSSR count). The Labute approximate surface area is 111 Å². The van der Waals surface area contributed by atoms with Gasteiger partial charge in [0.1, 0.15) is 0 Å². The normalized spacial score (nSPS) is 17.0. The molecule has 0 atom stereocenters. The standard InChI is InChI=1S/C14H18F2N2O/c1-18(10-6-4-2-3-5-7-10)14(19)11-8-9-17-13(16)12(11)15/h8-10H,2-7H2,1H3. The first kappa shape index (κ1) is 13.9. The quantitative estimate of drug-likeness (QED) is 0.610. The Balaban J connectivity index is 2.15. The molecular weight excluding hydrogens is 250 g/mol. The van der Waals surface area contributed by atoms with Crippen LogP contribution >= 0.6 is 0 Å². The van der Waals surface area contributed by atoms with Crippen LogP contribution in [0, 0.1) is 11.8 Å². The Kier molecular flexibility index (Phi) is 4.45. The van der Waals surface area contributed by atoms with Gasteiger partial charge < -0.3 is 4.90 Å². The molecule has 0 aromatic carbocycles. The Bertz CT molecular complexity index is 457. The first-order valence-corrected chi connectivity index (χ1v) is 6.68. The fourth-order valence-electron chi connectivity index (χ4n) is 2.58. The molecule has 1 amide bonds. The SMILES string of the molecule is CN(C(=O)c1ccnc(F)c1F)C1CCCCCC1. The van der Waals surface area contributed by atoms with E-state index in [2.05, 4.69) is 4.98 Å². The third kappa shape index (κ3) is 3.08. The Morgan fingerprint density at radius 3 is 2.53 bits per heavy atom. The fraction of sp³-hybridized carbons (Fsp3) is 0.571. The van der Waals surface area contributed by atoms with E-state index in [1.165, 1.54) is 18.9 Å². The minimum Gasteiger partial charge on any atom is -0.339 e. The van der Waals surface area contributed by atoms with Crippen molar-refractivity contribution in [3.05, 3.63) is 29.6 Å². The summed E-state index contributed by atoms with van der Waals surface area (Å²) in [4.78, 5) is 17.0. The van der Waals surface area contributed by atoms with Gasteiger partial charge in [-0.25, -0.2) is 9.37 Å². The molecule has 0 unspecified atom stereocenters. The van der Waals surface area contributed by atoms with Crippen LogP contribution < -0.4 is 0 Å². The van der Waals surface area contributed by atoms with Crippen molar-refractivity contribution in [1.29, 1.82) is 0 Å². The van der Waals surface area contributed by atoms with E-state index in [0.29, 0.717) is 0 Å². The molecule has 0 N–H and O–H groups in total. The number of carbonyl (C=O) groups excluding carboxylic acids is 1. The second-order valence-corrected chi connectivity index (χ2v) is 5.02. The molecule has 1 heterocycles. The second kappa shape index (κ2) is 6.08. The number of halogens is 2. The molecule has 3 nitrogen and oxygen atoms in total. The van der Waals surface area contributed by atoms with Crippen molar-refractivity contribution in [3.8, 4) is 0 Å². The predicted molar refractivity (Wildman–Crippen MR) is 67.7 cm³/mol. The molecule has 1 saturated carbocycles. The van der Waals surface area contributed by atoms with Crippen LogP contribution in [0.1, 0.15) is 48.9 Å². The highest BCUT2D eigenvalue weighted by Gasteiger charge is 2.25. The molecule has 1 aromatic heterocycles. The van der Waals surface area contributed by atoms with Crippen LogP contribution in [-0.4, -0.2) is 28.9 Å². The smallest absolute Gasteiger partial charge is 0.257 e. The van der Waals surface area contributed by atoms with Crippen LogP contribution in [-0.2, 0) is 0 Å². The number of rotatable bonds is 2. The van der Waals surface area contributed by atoms with E-state index < -0.39 is 17.7 Å². The van der Waals surface area contributed by atoms with Gasteiger partial charge in [-0.3, -0.25) is 4.79 Å². The molecule has 0 radical (unpaired) electrons. The minimum absolute atomic E-state index is 0.116. The Hall–Kier alpha value is -1.52. The van der Waals surface area contributed by atoms with Crippen LogP contribution in [0.5, 0.6) is 0 Å². The van der Waals surface area contributed by atoms with Gasteiger partial charge in [-0.2, -0.15) is 4.39 Å². The van der Waals surface area contributed by atoms with Gasteiger partial charge in [-0.1, -0.05) is 25.7 Å². The average molecular weight is 268 g/mol. The molecule has 1 aliphatic rings. The third-order valence-corrected chi connectivity index (χ3v) is 3.77. The molecule has 104 valence electrons. The lowest BCUT2D eigenvalue weighted by Crippen LogP contribution is -2.37. The fourth-order valence-corrected chi connectivity index (χ4v) is 2.58. The first-order chi connectivity index (χ1) is 9.11. The maximum Gasteiger partial charge on any atom is 0.257 e. The van der Waals surface area contributed by atoms with Gasteiger partial charge in [-0.05, 0) is 18.9 Å². The van der Waals surface area contributed by atoms with Crippen molar-refractivity contribution in [2.75, 3.05) is 7.05 Å². The van der Waals surface area contributed by atoms with E-state index in [4.69, 9.17) is 0 Å². The largest absolute Gasteiger partial charge is 0.339 e.